The van der Waals surface area contributed by atoms with Crippen molar-refractivity contribution in [2.45, 2.75) is 10.7 Å². The van der Waals surface area contributed by atoms with E-state index in [1.54, 1.807) is 6.92 Å². The summed E-state index contributed by atoms with van der Waals surface area (Å²) in [5, 5.41) is -0.600. The lowest BCUT2D eigenvalue weighted by molar-refractivity contribution is -0.138. The van der Waals surface area contributed by atoms with Gasteiger partial charge in [0.05, 0.1) is 0 Å². The third-order valence-corrected chi connectivity index (χ3v) is 2.96. The summed E-state index contributed by atoms with van der Waals surface area (Å²) in [5.74, 6) is -0.623. The average Bonchev–Trinajstić information content (AvgIpc) is 2.03. The Kier molecular flexibility index (Phi) is 2.37. The molecule has 0 unspecified atom stereocenters. The van der Waals surface area contributed by atoms with Gasteiger partial charge < -0.3 is 0 Å². The fraction of sp³-hybridized carbons (Fsp3) is 0.600. The number of halogens is 2. The Morgan fingerprint density at radius 1 is 1.55 bits per heavy atom. The van der Waals surface area contributed by atoms with E-state index in [9.17, 15) is 9.59 Å². The summed E-state index contributed by atoms with van der Waals surface area (Å²) >= 11 is 11.9. The zero-order chi connectivity index (χ0) is 8.65. The van der Waals surface area contributed by atoms with Crippen LogP contribution in [0.5, 0.6) is 0 Å². The van der Waals surface area contributed by atoms with Crippen molar-refractivity contribution in [1.29, 1.82) is 0 Å². The molecule has 0 N–H and O–H groups in total. The summed E-state index contributed by atoms with van der Waals surface area (Å²) < 4.78 is -1.40. The average molecular weight is 214 g/mol. The minimum absolute atomic E-state index is 0.338. The number of carbonyl (C=O) groups is 2. The molecule has 11 heavy (non-hydrogen) atoms. The van der Waals surface area contributed by atoms with Crippen molar-refractivity contribution in [1.82, 2.24) is 4.90 Å². The van der Waals surface area contributed by atoms with Gasteiger partial charge in [-0.2, -0.15) is 0 Å². The maximum absolute atomic E-state index is 10.9. The molecule has 0 aliphatic carbocycles. The van der Waals surface area contributed by atoms with Crippen LogP contribution in [0.4, 0.5) is 0 Å². The molecule has 0 bridgehead atoms. The highest BCUT2D eigenvalue weighted by Gasteiger charge is 2.48. The van der Waals surface area contributed by atoms with Crippen molar-refractivity contribution in [3.05, 3.63) is 0 Å². The molecular weight excluding hydrogens is 209 g/mol. The molecule has 0 aromatic rings. The Morgan fingerprint density at radius 3 is 2.27 bits per heavy atom. The van der Waals surface area contributed by atoms with Crippen LogP contribution in [0.3, 0.4) is 0 Å². The van der Waals surface area contributed by atoms with Crippen LogP contribution in [0, 0.1) is 0 Å². The third kappa shape index (κ3) is 1.48. The fourth-order valence-electron chi connectivity index (χ4n) is 0.766. The van der Waals surface area contributed by atoms with Gasteiger partial charge >= 0.3 is 5.91 Å². The molecule has 0 spiro atoms. The highest BCUT2D eigenvalue weighted by atomic mass is 35.5. The van der Waals surface area contributed by atoms with Crippen LogP contribution in [0.1, 0.15) is 6.92 Å². The van der Waals surface area contributed by atoms with Crippen LogP contribution in [-0.2, 0) is 9.59 Å². The number of nitrogens with zero attached hydrogens (tertiary/aromatic N) is 1. The smallest absolute Gasteiger partial charge is 0.295 e. The summed E-state index contributed by atoms with van der Waals surface area (Å²) in [5.41, 5.74) is 0. The number of thioether (sulfide) groups is 1. The molecular formula is C5H5Cl2NO2S. The molecule has 0 aromatic carbocycles. The Balaban J connectivity index is 2.91. The zero-order valence-electron chi connectivity index (χ0n) is 5.63. The largest absolute Gasteiger partial charge is 0.304 e. The molecule has 1 amide bonds. The predicted octanol–water partition coefficient (Wildman–Crippen LogP) is 1.20. The van der Waals surface area contributed by atoms with Crippen LogP contribution in [0.15, 0.2) is 0 Å². The highest BCUT2D eigenvalue weighted by Crippen LogP contribution is 2.44. The number of rotatable bonds is 1. The molecule has 6 heteroatoms. The molecule has 1 fully saturated rings. The Morgan fingerprint density at radius 2 is 2.09 bits per heavy atom. The first kappa shape index (κ1) is 9.16. The van der Waals surface area contributed by atoms with Gasteiger partial charge in [0.2, 0.25) is 3.79 Å². The van der Waals surface area contributed by atoms with E-state index < -0.39 is 14.8 Å². The monoisotopic (exact) mass is 213 g/mol. The summed E-state index contributed by atoms with van der Waals surface area (Å²) in [6, 6.07) is 0. The topological polar surface area (TPSA) is 37.4 Å². The van der Waals surface area contributed by atoms with E-state index in [0.717, 1.165) is 4.90 Å². The molecule has 1 saturated heterocycles. The van der Waals surface area contributed by atoms with Crippen LogP contribution in [-0.4, -0.2) is 26.3 Å². The van der Waals surface area contributed by atoms with Gasteiger partial charge in [0, 0.05) is 6.54 Å². The van der Waals surface area contributed by atoms with Crippen molar-refractivity contribution in [3.63, 3.8) is 0 Å². The van der Waals surface area contributed by atoms with E-state index in [1.165, 1.54) is 0 Å². The molecule has 62 valence electrons. The van der Waals surface area contributed by atoms with Gasteiger partial charge in [-0.1, -0.05) is 23.2 Å². The molecule has 0 radical (unpaired) electrons. The summed E-state index contributed by atoms with van der Waals surface area (Å²) in [6.45, 7) is 2.04. The first-order valence-corrected chi connectivity index (χ1v) is 4.49. The number of hydrogen-bond donors (Lipinski definition) is 0. The van der Waals surface area contributed by atoms with E-state index in [0.29, 0.717) is 18.3 Å². The molecule has 1 aliphatic heterocycles. The van der Waals surface area contributed by atoms with Gasteiger partial charge in [0.15, 0.2) is 0 Å². The van der Waals surface area contributed by atoms with Crippen molar-refractivity contribution in [2.24, 2.45) is 0 Å². The second-order valence-corrected chi connectivity index (χ2v) is 4.83. The molecule has 0 atom stereocenters. The molecule has 1 aliphatic rings. The van der Waals surface area contributed by atoms with Crippen LogP contribution in [0.25, 0.3) is 0 Å². The van der Waals surface area contributed by atoms with E-state index >= 15 is 0 Å². The first-order chi connectivity index (χ1) is 4.99. The quantitative estimate of drug-likeness (QED) is 0.374. The summed E-state index contributed by atoms with van der Waals surface area (Å²) in [6.07, 6.45) is 0. The zero-order valence-corrected chi connectivity index (χ0v) is 7.96. The van der Waals surface area contributed by atoms with Crippen molar-refractivity contribution < 1.29 is 9.59 Å². The van der Waals surface area contributed by atoms with Gasteiger partial charge in [-0.15, -0.1) is 0 Å². The van der Waals surface area contributed by atoms with Crippen LogP contribution >= 0.6 is 35.0 Å². The number of carbonyl (C=O) groups excluding carboxylic acids is 2. The molecule has 1 heterocycles. The normalized spacial score (nSPS) is 23.0. The fourth-order valence-corrected chi connectivity index (χ4v) is 2.32. The molecule has 3 nitrogen and oxygen atoms in total. The molecule has 0 aromatic heterocycles. The summed E-state index contributed by atoms with van der Waals surface area (Å²) in [4.78, 5) is 22.8. The van der Waals surface area contributed by atoms with Crippen LogP contribution in [0.2, 0.25) is 0 Å². The lowest BCUT2D eigenvalue weighted by Crippen LogP contribution is -2.36. The number of alkyl halides is 2. The Bertz CT molecular complexity index is 219. The van der Waals surface area contributed by atoms with E-state index in [1.807, 2.05) is 0 Å². The minimum Gasteiger partial charge on any atom is -0.295 e. The van der Waals surface area contributed by atoms with Crippen molar-refractivity contribution in [3.8, 4) is 0 Å². The maximum Gasteiger partial charge on any atom is 0.304 e. The van der Waals surface area contributed by atoms with Crippen molar-refractivity contribution in [2.75, 3.05) is 6.54 Å². The van der Waals surface area contributed by atoms with Gasteiger partial charge in [-0.3, -0.25) is 14.5 Å². The van der Waals surface area contributed by atoms with Gasteiger partial charge in [0.25, 0.3) is 5.12 Å². The number of likely N-dealkylation sites (N-methyl/N-ethyl adjacent to an activating group) is 1. The van der Waals surface area contributed by atoms with Gasteiger partial charge in [-0.05, 0) is 18.7 Å². The van der Waals surface area contributed by atoms with Gasteiger partial charge in [0.1, 0.15) is 0 Å². The first-order valence-electron chi connectivity index (χ1n) is 2.92. The SMILES string of the molecule is CCN1C(=O)C(=O)SC1(Cl)Cl. The predicted molar refractivity (Wildman–Crippen MR) is 44.4 cm³/mol. The molecule has 0 saturated carbocycles. The van der Waals surface area contributed by atoms with Crippen molar-refractivity contribution >= 4 is 46.0 Å². The second kappa shape index (κ2) is 2.84. The standard InChI is InChI=1S/C5H5Cl2NO2S/c1-2-8-3(9)4(10)11-5(8,6)7/h2H2,1H3. The summed E-state index contributed by atoms with van der Waals surface area (Å²) in [7, 11) is 0. The maximum atomic E-state index is 10.9. The lowest BCUT2D eigenvalue weighted by Gasteiger charge is -2.22. The van der Waals surface area contributed by atoms with E-state index in [2.05, 4.69) is 0 Å². The minimum atomic E-state index is -1.40. The Labute approximate surface area is 78.0 Å². The highest BCUT2D eigenvalue weighted by molar-refractivity contribution is 8.19. The van der Waals surface area contributed by atoms with E-state index in [-0.39, 0.29) is 0 Å². The lowest BCUT2D eigenvalue weighted by atomic mass is 10.5. The second-order valence-electron chi connectivity index (χ2n) is 1.92. The van der Waals surface area contributed by atoms with E-state index in [4.69, 9.17) is 23.2 Å². The Hall–Kier alpha value is 0.0700. The third-order valence-electron chi connectivity index (χ3n) is 1.27. The number of hydrogen-bond acceptors (Lipinski definition) is 3. The van der Waals surface area contributed by atoms with Gasteiger partial charge in [-0.25, -0.2) is 0 Å². The molecule has 1 rings (SSSR count). The number of amides is 1. The van der Waals surface area contributed by atoms with Crippen LogP contribution < -0.4 is 0 Å².